The molecule has 168 valence electrons. The number of anilines is 1. The summed E-state index contributed by atoms with van der Waals surface area (Å²) < 4.78 is 5.89. The van der Waals surface area contributed by atoms with Gasteiger partial charge in [-0.15, -0.1) is 0 Å². The summed E-state index contributed by atoms with van der Waals surface area (Å²) in [6, 6.07) is 19.5. The van der Waals surface area contributed by atoms with Crippen LogP contribution >= 0.6 is 15.9 Å². The van der Waals surface area contributed by atoms with Crippen molar-refractivity contribution in [2.24, 2.45) is 0 Å². The minimum atomic E-state index is -1.07. The highest BCUT2D eigenvalue weighted by Gasteiger charge is 2.29. The molecule has 3 aromatic carbocycles. The van der Waals surface area contributed by atoms with Gasteiger partial charge in [0.05, 0.1) is 11.3 Å². The monoisotopic (exact) mass is 508 g/mol. The molecule has 0 bridgehead atoms. The van der Waals surface area contributed by atoms with Crippen molar-refractivity contribution < 1.29 is 24.2 Å². The van der Waals surface area contributed by atoms with E-state index in [1.807, 2.05) is 36.4 Å². The quantitative estimate of drug-likeness (QED) is 0.433. The summed E-state index contributed by atoms with van der Waals surface area (Å²) in [6.45, 7) is 1.69. The fourth-order valence-electron chi connectivity index (χ4n) is 3.87. The number of hydrogen-bond donors (Lipinski definition) is 3. The smallest absolute Gasteiger partial charge is 0.407 e. The second-order valence-corrected chi connectivity index (χ2v) is 8.53. The Hall–Kier alpha value is -3.65. The van der Waals surface area contributed by atoms with Crippen LogP contribution in [-0.2, 0) is 9.53 Å². The van der Waals surface area contributed by atoms with E-state index in [1.165, 1.54) is 25.1 Å². The summed E-state index contributed by atoms with van der Waals surface area (Å²) in [5, 5.41) is 14.2. The molecule has 0 radical (unpaired) electrons. The van der Waals surface area contributed by atoms with Gasteiger partial charge in [-0.05, 0) is 63.3 Å². The fourth-order valence-corrected chi connectivity index (χ4v) is 4.35. The number of hydrogen-bond acceptors (Lipinski definition) is 4. The van der Waals surface area contributed by atoms with Crippen LogP contribution in [0.3, 0.4) is 0 Å². The number of rotatable bonds is 6. The first-order valence-electron chi connectivity index (χ1n) is 10.3. The number of ether oxygens (including phenoxy) is 1. The Labute approximate surface area is 198 Å². The van der Waals surface area contributed by atoms with Crippen LogP contribution in [-0.4, -0.2) is 35.7 Å². The number of aromatic carboxylic acids is 1. The lowest BCUT2D eigenvalue weighted by molar-refractivity contribution is -0.117. The van der Waals surface area contributed by atoms with Crippen molar-refractivity contribution in [3.63, 3.8) is 0 Å². The van der Waals surface area contributed by atoms with Crippen LogP contribution in [0.25, 0.3) is 11.1 Å². The normalized spacial score (nSPS) is 12.9. The van der Waals surface area contributed by atoms with Gasteiger partial charge in [-0.3, -0.25) is 4.79 Å². The molecule has 0 fully saturated rings. The molecule has 0 unspecified atom stereocenters. The molecule has 1 aliphatic carbocycles. The van der Waals surface area contributed by atoms with Gasteiger partial charge in [-0.1, -0.05) is 48.5 Å². The molecule has 1 aliphatic rings. The van der Waals surface area contributed by atoms with Gasteiger partial charge in [0.15, 0.2) is 0 Å². The third-order valence-corrected chi connectivity index (χ3v) is 6.20. The number of fused-ring (bicyclic) bond motifs is 3. The Bertz CT molecular complexity index is 1200. The summed E-state index contributed by atoms with van der Waals surface area (Å²) >= 11 is 3.24. The SMILES string of the molecule is C[C@H](NC(=O)OCC1c2ccccc2-c2ccccc21)C(=O)Nc1ccc(C(=O)O)cc1Br. The maximum absolute atomic E-state index is 12.5. The zero-order valence-electron chi connectivity index (χ0n) is 17.7. The van der Waals surface area contributed by atoms with E-state index in [2.05, 4.69) is 38.7 Å². The number of carboxylic acid groups (broad SMARTS) is 1. The average molecular weight is 509 g/mol. The highest BCUT2D eigenvalue weighted by atomic mass is 79.9. The summed E-state index contributed by atoms with van der Waals surface area (Å²) in [5.41, 5.74) is 4.96. The molecule has 2 amide bonds. The number of carbonyl (C=O) groups excluding carboxylic acids is 2. The zero-order chi connectivity index (χ0) is 23.5. The Morgan fingerprint density at radius 1 is 1.00 bits per heavy atom. The predicted molar refractivity (Wildman–Crippen MR) is 127 cm³/mol. The molecule has 4 rings (SSSR count). The van der Waals surface area contributed by atoms with Crippen LogP contribution in [0.1, 0.15) is 34.3 Å². The summed E-state index contributed by atoms with van der Waals surface area (Å²) in [5.74, 6) is -1.61. The van der Waals surface area contributed by atoms with Crippen LogP contribution < -0.4 is 10.6 Å². The second-order valence-electron chi connectivity index (χ2n) is 7.68. The van der Waals surface area contributed by atoms with Crippen LogP contribution in [0.5, 0.6) is 0 Å². The van der Waals surface area contributed by atoms with Gasteiger partial charge in [0, 0.05) is 10.4 Å². The van der Waals surface area contributed by atoms with Crippen LogP contribution in [0, 0.1) is 0 Å². The molecule has 8 heteroatoms. The van der Waals surface area contributed by atoms with Crippen LogP contribution in [0.15, 0.2) is 71.2 Å². The maximum Gasteiger partial charge on any atom is 0.407 e. The number of carbonyl (C=O) groups is 3. The van der Waals surface area contributed by atoms with Crippen molar-refractivity contribution >= 4 is 39.6 Å². The van der Waals surface area contributed by atoms with Gasteiger partial charge in [-0.2, -0.15) is 0 Å². The van der Waals surface area contributed by atoms with E-state index in [0.29, 0.717) is 10.2 Å². The highest BCUT2D eigenvalue weighted by Crippen LogP contribution is 2.44. The van der Waals surface area contributed by atoms with Crippen molar-refractivity contribution in [2.75, 3.05) is 11.9 Å². The molecule has 3 aromatic rings. The molecule has 0 aliphatic heterocycles. The van der Waals surface area contributed by atoms with E-state index in [-0.39, 0.29) is 18.1 Å². The molecule has 33 heavy (non-hydrogen) atoms. The second kappa shape index (κ2) is 9.46. The summed E-state index contributed by atoms with van der Waals surface area (Å²) in [7, 11) is 0. The number of benzene rings is 3. The Morgan fingerprint density at radius 2 is 1.61 bits per heavy atom. The van der Waals surface area contributed by atoms with Gasteiger partial charge >= 0.3 is 12.1 Å². The van der Waals surface area contributed by atoms with E-state index < -0.39 is 24.0 Å². The van der Waals surface area contributed by atoms with Crippen molar-refractivity contribution in [1.82, 2.24) is 5.32 Å². The van der Waals surface area contributed by atoms with E-state index in [4.69, 9.17) is 9.84 Å². The molecule has 0 spiro atoms. The van der Waals surface area contributed by atoms with E-state index >= 15 is 0 Å². The molecule has 0 saturated carbocycles. The number of halogens is 1. The van der Waals surface area contributed by atoms with Gasteiger partial charge in [-0.25, -0.2) is 9.59 Å². The van der Waals surface area contributed by atoms with Gasteiger partial charge in [0.2, 0.25) is 5.91 Å². The molecular formula is C25H21BrN2O5. The molecule has 0 saturated heterocycles. The van der Waals surface area contributed by atoms with Crippen LogP contribution in [0.2, 0.25) is 0 Å². The van der Waals surface area contributed by atoms with E-state index in [0.717, 1.165) is 22.3 Å². The van der Waals surface area contributed by atoms with Crippen LogP contribution in [0.4, 0.5) is 10.5 Å². The highest BCUT2D eigenvalue weighted by molar-refractivity contribution is 9.10. The third kappa shape index (κ3) is 4.75. The lowest BCUT2D eigenvalue weighted by atomic mass is 9.98. The Balaban J connectivity index is 1.36. The fraction of sp³-hybridized carbons (Fsp3) is 0.160. The molecule has 1 atom stereocenters. The van der Waals surface area contributed by atoms with Crippen molar-refractivity contribution in [3.05, 3.63) is 87.9 Å². The number of alkyl carbamates (subject to hydrolysis) is 1. The molecule has 0 heterocycles. The zero-order valence-corrected chi connectivity index (χ0v) is 19.3. The van der Waals surface area contributed by atoms with E-state index in [9.17, 15) is 14.4 Å². The van der Waals surface area contributed by atoms with Gasteiger partial charge < -0.3 is 20.5 Å². The number of nitrogens with one attached hydrogen (secondary N) is 2. The Kier molecular flexibility index (Phi) is 6.46. The maximum atomic E-state index is 12.5. The Morgan fingerprint density at radius 3 is 2.18 bits per heavy atom. The van der Waals surface area contributed by atoms with E-state index in [1.54, 1.807) is 0 Å². The molecule has 7 nitrogen and oxygen atoms in total. The van der Waals surface area contributed by atoms with Crippen molar-refractivity contribution in [3.8, 4) is 11.1 Å². The van der Waals surface area contributed by atoms with Gasteiger partial charge in [0.25, 0.3) is 0 Å². The molecule has 3 N–H and O–H groups in total. The lowest BCUT2D eigenvalue weighted by Gasteiger charge is -2.17. The largest absolute Gasteiger partial charge is 0.478 e. The summed E-state index contributed by atoms with van der Waals surface area (Å²) in [4.78, 5) is 35.9. The summed E-state index contributed by atoms with van der Waals surface area (Å²) in [6.07, 6.45) is -0.695. The lowest BCUT2D eigenvalue weighted by Crippen LogP contribution is -2.42. The number of amides is 2. The van der Waals surface area contributed by atoms with Gasteiger partial charge in [0.1, 0.15) is 12.6 Å². The first kappa shape index (κ1) is 22.5. The first-order valence-corrected chi connectivity index (χ1v) is 11.1. The van der Waals surface area contributed by atoms with Crippen molar-refractivity contribution in [2.45, 2.75) is 18.9 Å². The standard InChI is InChI=1S/C25H21BrN2O5/c1-14(23(29)28-22-11-10-15(24(30)31)12-21(22)26)27-25(32)33-13-20-18-8-4-2-6-16(18)17-7-3-5-9-19(17)20/h2-12,14,20H,13H2,1H3,(H,27,32)(H,28,29)(H,30,31)/t14-/m0/s1. The van der Waals surface area contributed by atoms with Crippen molar-refractivity contribution in [1.29, 1.82) is 0 Å². The average Bonchev–Trinajstić information content (AvgIpc) is 3.12. The molecular weight excluding hydrogens is 488 g/mol. The first-order chi connectivity index (χ1) is 15.8. The minimum absolute atomic E-state index is 0.0732. The topological polar surface area (TPSA) is 105 Å². The third-order valence-electron chi connectivity index (χ3n) is 5.55. The minimum Gasteiger partial charge on any atom is -0.478 e. The predicted octanol–water partition coefficient (Wildman–Crippen LogP) is 5.01. The molecule has 0 aromatic heterocycles. The number of carboxylic acids is 1.